The third-order valence-corrected chi connectivity index (χ3v) is 9.56. The summed E-state index contributed by atoms with van der Waals surface area (Å²) in [5, 5.41) is 4.78. The highest BCUT2D eigenvalue weighted by Gasteiger charge is 2.22. The molecule has 4 aromatic rings. The fourth-order valence-electron chi connectivity index (χ4n) is 6.24. The molecule has 0 fully saturated rings. The molecule has 1 heterocycles. The Balaban J connectivity index is 1.63. The maximum atomic E-state index is 12.4. The van der Waals surface area contributed by atoms with Gasteiger partial charge >= 0.3 is 0 Å². The highest BCUT2D eigenvalue weighted by Crippen LogP contribution is 2.43. The second kappa shape index (κ2) is 11.3. The molecular formula is C37H35N4O4S-. The average molecular weight is 632 g/mol. The number of fused-ring (bicyclic) bond motifs is 2. The molecule has 0 amide bonds. The third-order valence-electron chi connectivity index (χ3n) is 8.66. The van der Waals surface area contributed by atoms with Gasteiger partial charge in [0, 0.05) is 57.0 Å². The quantitative estimate of drug-likeness (QED) is 0.0989. The molecule has 0 radical (unpaired) electrons. The van der Waals surface area contributed by atoms with Crippen molar-refractivity contribution in [1.29, 1.82) is 0 Å². The molecule has 0 spiro atoms. The van der Waals surface area contributed by atoms with E-state index in [2.05, 4.69) is 5.32 Å². The molecule has 6 rings (SSSR count). The highest BCUT2D eigenvalue weighted by atomic mass is 32.2. The summed E-state index contributed by atoms with van der Waals surface area (Å²) < 4.78 is 43.8. The molecule has 2 aliphatic rings. The topological polar surface area (TPSA) is 147 Å². The number of rotatable bonds is 5. The van der Waals surface area contributed by atoms with Crippen LogP contribution in [0.4, 0.5) is 28.4 Å². The number of aryl methyl sites for hydroxylation is 4. The summed E-state index contributed by atoms with van der Waals surface area (Å²) in [5.74, 6) is 0.473. The highest BCUT2D eigenvalue weighted by molar-refractivity contribution is 7.85. The molecule has 0 saturated heterocycles. The van der Waals surface area contributed by atoms with E-state index in [9.17, 15) is 13.0 Å². The second-order valence-electron chi connectivity index (χ2n) is 11.9. The standard InChI is InChI=1S/C37H36N4O4S/c1-19-15-21(3)36(23(5)34(19)38)40-25-11-13-27-30(17-25)45-31-18-26(41-37-22(4)16-20(2)35(39)24(37)6)12-14-28(31)33(27)29-9-7-8-10-32(29)46(42,43)44/h7-18,40H,38-39H2,1-6H3,(H,42,43,44)/p-1. The zero-order valence-electron chi connectivity index (χ0n) is 26.6. The fraction of sp³-hybridized carbons (Fsp3) is 0.162. The van der Waals surface area contributed by atoms with Crippen LogP contribution in [0.3, 0.4) is 0 Å². The van der Waals surface area contributed by atoms with Gasteiger partial charge in [0.05, 0.1) is 15.9 Å². The molecule has 0 atom stereocenters. The van der Waals surface area contributed by atoms with Crippen LogP contribution in [0.15, 0.2) is 87.1 Å². The summed E-state index contributed by atoms with van der Waals surface area (Å²) in [6.45, 7) is 11.9. The molecule has 46 heavy (non-hydrogen) atoms. The van der Waals surface area contributed by atoms with Crippen molar-refractivity contribution in [3.8, 4) is 22.5 Å². The van der Waals surface area contributed by atoms with E-state index in [0.29, 0.717) is 44.5 Å². The minimum atomic E-state index is -4.79. The normalized spacial score (nSPS) is 12.3. The van der Waals surface area contributed by atoms with Crippen LogP contribution < -0.4 is 22.1 Å². The fourth-order valence-corrected chi connectivity index (χ4v) is 6.92. The zero-order chi connectivity index (χ0) is 33.1. The smallest absolute Gasteiger partial charge is 0.137 e. The van der Waals surface area contributed by atoms with Gasteiger partial charge in [0.25, 0.3) is 0 Å². The first-order valence-corrected chi connectivity index (χ1v) is 16.3. The van der Waals surface area contributed by atoms with Crippen LogP contribution in [-0.4, -0.2) is 13.0 Å². The van der Waals surface area contributed by atoms with E-state index in [1.165, 1.54) is 6.07 Å². The lowest BCUT2D eigenvalue weighted by atomic mass is 9.93. The second-order valence-corrected chi connectivity index (χ2v) is 13.2. The van der Waals surface area contributed by atoms with Gasteiger partial charge in [-0.3, -0.25) is 0 Å². The number of anilines is 4. The molecule has 1 aliphatic carbocycles. The Bertz CT molecular complexity index is 2360. The molecule has 0 saturated carbocycles. The Hall–Kier alpha value is -5.12. The van der Waals surface area contributed by atoms with Crippen molar-refractivity contribution in [3.05, 3.63) is 112 Å². The lowest BCUT2D eigenvalue weighted by molar-refractivity contribution is 0.463. The monoisotopic (exact) mass is 631 g/mol. The van der Waals surface area contributed by atoms with Gasteiger partial charge in [0.1, 0.15) is 21.5 Å². The molecule has 5 N–H and O–H groups in total. The zero-order valence-corrected chi connectivity index (χ0v) is 27.4. The number of nitrogens with two attached hydrogens (primary N) is 2. The van der Waals surface area contributed by atoms with E-state index in [1.54, 1.807) is 18.2 Å². The van der Waals surface area contributed by atoms with Crippen LogP contribution in [0.25, 0.3) is 33.4 Å². The molecule has 9 heteroatoms. The van der Waals surface area contributed by atoms with Gasteiger partial charge in [-0.2, -0.15) is 0 Å². The Morgan fingerprint density at radius 3 is 2.13 bits per heavy atom. The number of benzene rings is 5. The molecule has 0 unspecified atom stereocenters. The summed E-state index contributed by atoms with van der Waals surface area (Å²) in [7, 11) is -4.79. The summed E-state index contributed by atoms with van der Waals surface area (Å²) in [4.78, 5) is 4.63. The molecule has 1 aliphatic heterocycles. The number of hydrogen-bond donors (Lipinski definition) is 3. The first-order valence-electron chi connectivity index (χ1n) is 14.8. The van der Waals surface area contributed by atoms with Gasteiger partial charge < -0.3 is 25.8 Å². The van der Waals surface area contributed by atoms with Gasteiger partial charge in [-0.1, -0.05) is 30.3 Å². The maximum absolute atomic E-state index is 12.4. The number of nitrogens with one attached hydrogen (secondary N) is 1. The number of hydrogen-bond acceptors (Lipinski definition) is 8. The van der Waals surface area contributed by atoms with Crippen LogP contribution in [0.1, 0.15) is 33.4 Å². The minimum absolute atomic E-state index is 0.296. The van der Waals surface area contributed by atoms with Crippen LogP contribution in [0.5, 0.6) is 0 Å². The molecule has 0 bridgehead atoms. The Labute approximate surface area is 268 Å². The first kappa shape index (κ1) is 30.9. The van der Waals surface area contributed by atoms with E-state index >= 15 is 0 Å². The lowest BCUT2D eigenvalue weighted by Gasteiger charge is -2.20. The first-order chi connectivity index (χ1) is 21.7. The van der Waals surface area contributed by atoms with Crippen LogP contribution in [-0.2, 0) is 10.1 Å². The SMILES string of the molecule is Cc1cc(C)c(N=c2ccc3c(-c4ccccc4S(=O)(=O)[O-])c4ccc(Nc5c(C)cc(C)c(N)c5C)cc4oc-3c2)c(C)c1N. The largest absolute Gasteiger partial charge is 0.744 e. The van der Waals surface area contributed by atoms with E-state index < -0.39 is 10.1 Å². The van der Waals surface area contributed by atoms with Crippen molar-refractivity contribution in [2.75, 3.05) is 16.8 Å². The minimum Gasteiger partial charge on any atom is -0.744 e. The van der Waals surface area contributed by atoms with Crippen LogP contribution in [0.2, 0.25) is 0 Å². The molecule has 0 aromatic heterocycles. The Morgan fingerprint density at radius 1 is 0.739 bits per heavy atom. The Kier molecular flexibility index (Phi) is 7.62. The van der Waals surface area contributed by atoms with Gasteiger partial charge in [-0.15, -0.1) is 0 Å². The summed E-state index contributed by atoms with van der Waals surface area (Å²) >= 11 is 0. The van der Waals surface area contributed by atoms with Crippen molar-refractivity contribution in [3.63, 3.8) is 0 Å². The van der Waals surface area contributed by atoms with Crippen molar-refractivity contribution in [2.45, 2.75) is 46.4 Å². The summed E-state index contributed by atoms with van der Waals surface area (Å²) in [6.07, 6.45) is 0. The van der Waals surface area contributed by atoms with Crippen molar-refractivity contribution in [1.82, 2.24) is 0 Å². The van der Waals surface area contributed by atoms with Crippen molar-refractivity contribution in [2.24, 2.45) is 4.99 Å². The predicted molar refractivity (Wildman–Crippen MR) is 185 cm³/mol. The van der Waals surface area contributed by atoms with E-state index in [1.807, 2.05) is 90.1 Å². The lowest BCUT2D eigenvalue weighted by Crippen LogP contribution is -2.06. The van der Waals surface area contributed by atoms with E-state index in [0.717, 1.165) is 56.1 Å². The van der Waals surface area contributed by atoms with E-state index in [-0.39, 0.29) is 4.90 Å². The van der Waals surface area contributed by atoms with E-state index in [4.69, 9.17) is 20.9 Å². The average Bonchev–Trinajstić information content (AvgIpc) is 3.01. The van der Waals surface area contributed by atoms with Gasteiger partial charge in [0.15, 0.2) is 0 Å². The number of nitrogen functional groups attached to an aromatic ring is 2. The van der Waals surface area contributed by atoms with Gasteiger partial charge in [0.2, 0.25) is 0 Å². The van der Waals surface area contributed by atoms with Crippen LogP contribution in [0, 0.1) is 41.5 Å². The molecule has 8 nitrogen and oxygen atoms in total. The van der Waals surface area contributed by atoms with Gasteiger partial charge in [-0.25, -0.2) is 13.4 Å². The Morgan fingerprint density at radius 2 is 1.41 bits per heavy atom. The molecule has 234 valence electrons. The molecule has 4 aromatic carbocycles. The molecular weight excluding hydrogens is 596 g/mol. The van der Waals surface area contributed by atoms with Crippen LogP contribution >= 0.6 is 0 Å². The van der Waals surface area contributed by atoms with Crippen molar-refractivity contribution >= 4 is 49.5 Å². The number of nitrogens with zero attached hydrogens (tertiary/aromatic N) is 1. The van der Waals surface area contributed by atoms with Gasteiger partial charge in [-0.05, 0) is 105 Å². The summed E-state index contributed by atoms with van der Waals surface area (Å²) in [6, 6.07) is 21.4. The predicted octanol–water partition coefficient (Wildman–Crippen LogP) is 8.10. The third kappa shape index (κ3) is 5.37. The van der Waals surface area contributed by atoms with Crippen molar-refractivity contribution < 1.29 is 17.4 Å². The maximum Gasteiger partial charge on any atom is 0.137 e. The summed E-state index contributed by atoms with van der Waals surface area (Å²) in [5.41, 5.74) is 24.4.